The van der Waals surface area contributed by atoms with E-state index in [-0.39, 0.29) is 0 Å². The van der Waals surface area contributed by atoms with E-state index >= 15 is 0 Å². The summed E-state index contributed by atoms with van der Waals surface area (Å²) in [5.41, 5.74) is 3.10. The van der Waals surface area contributed by atoms with E-state index in [1.54, 1.807) is 10.4 Å². The zero-order chi connectivity index (χ0) is 24.0. The van der Waals surface area contributed by atoms with Crippen molar-refractivity contribution in [1.29, 1.82) is 0 Å². The minimum absolute atomic E-state index is 0.737. The van der Waals surface area contributed by atoms with Gasteiger partial charge in [0.2, 0.25) is 0 Å². The molecule has 0 unspecified atom stereocenters. The van der Waals surface area contributed by atoms with Gasteiger partial charge in [-0.15, -0.1) is 11.3 Å². The van der Waals surface area contributed by atoms with E-state index in [0.717, 1.165) is 36.0 Å². The molecule has 0 radical (unpaired) electrons. The SMILES string of the molecule is CCCc1ccc(C2CCC(C3CCC(CCc4cc5ccc(OCC)cc5s4)CC3)CC2)cc1. The van der Waals surface area contributed by atoms with Gasteiger partial charge in [0.1, 0.15) is 5.75 Å². The van der Waals surface area contributed by atoms with Gasteiger partial charge in [-0.3, -0.25) is 0 Å². The maximum atomic E-state index is 5.69. The predicted molar refractivity (Wildman–Crippen MR) is 152 cm³/mol. The molecule has 3 aromatic rings. The van der Waals surface area contributed by atoms with Crippen LogP contribution in [0.2, 0.25) is 0 Å². The fourth-order valence-corrected chi connectivity index (χ4v) is 8.02. The Hall–Kier alpha value is -1.80. The van der Waals surface area contributed by atoms with Crippen molar-refractivity contribution in [3.8, 4) is 5.75 Å². The van der Waals surface area contributed by atoms with Gasteiger partial charge in [0.25, 0.3) is 0 Å². The normalized spacial score (nSPS) is 25.1. The molecule has 2 heteroatoms. The molecule has 188 valence electrons. The number of hydrogen-bond acceptors (Lipinski definition) is 2. The molecule has 2 aliphatic carbocycles. The van der Waals surface area contributed by atoms with E-state index in [4.69, 9.17) is 4.74 Å². The van der Waals surface area contributed by atoms with Crippen molar-refractivity contribution in [2.75, 3.05) is 6.61 Å². The predicted octanol–water partition coefficient (Wildman–Crippen LogP) is 9.97. The molecule has 2 aromatic carbocycles. The van der Waals surface area contributed by atoms with Crippen LogP contribution in [0.4, 0.5) is 0 Å². The summed E-state index contributed by atoms with van der Waals surface area (Å²) in [4.78, 5) is 1.55. The topological polar surface area (TPSA) is 9.23 Å². The molecule has 0 aliphatic heterocycles. The highest BCUT2D eigenvalue weighted by atomic mass is 32.1. The largest absolute Gasteiger partial charge is 0.494 e. The molecule has 1 nitrogen and oxygen atoms in total. The molecule has 0 N–H and O–H groups in total. The van der Waals surface area contributed by atoms with Crippen molar-refractivity contribution in [2.24, 2.45) is 17.8 Å². The third kappa shape index (κ3) is 6.31. The van der Waals surface area contributed by atoms with E-state index in [0.29, 0.717) is 0 Å². The number of benzene rings is 2. The number of aryl methyl sites for hydroxylation is 2. The Balaban J connectivity index is 1.05. The van der Waals surface area contributed by atoms with Crippen molar-refractivity contribution in [3.63, 3.8) is 0 Å². The molecule has 0 bridgehead atoms. The van der Waals surface area contributed by atoms with Crippen LogP contribution < -0.4 is 4.74 Å². The van der Waals surface area contributed by atoms with E-state index in [1.807, 2.05) is 11.3 Å². The van der Waals surface area contributed by atoms with E-state index in [2.05, 4.69) is 62.4 Å². The Labute approximate surface area is 217 Å². The monoisotopic (exact) mass is 488 g/mol. The van der Waals surface area contributed by atoms with Gasteiger partial charge >= 0.3 is 0 Å². The van der Waals surface area contributed by atoms with Crippen molar-refractivity contribution in [1.82, 2.24) is 0 Å². The Morgan fingerprint density at radius 1 is 0.771 bits per heavy atom. The van der Waals surface area contributed by atoms with Crippen LogP contribution in [0, 0.1) is 17.8 Å². The molecular formula is C33H44OS. The highest BCUT2D eigenvalue weighted by molar-refractivity contribution is 7.19. The average molecular weight is 489 g/mol. The second-order valence-electron chi connectivity index (χ2n) is 11.3. The van der Waals surface area contributed by atoms with Crippen LogP contribution in [-0.4, -0.2) is 6.61 Å². The zero-order valence-electron chi connectivity index (χ0n) is 21.9. The van der Waals surface area contributed by atoms with Crippen molar-refractivity contribution >= 4 is 21.4 Å². The van der Waals surface area contributed by atoms with Gasteiger partial charge in [-0.05, 0) is 129 Å². The van der Waals surface area contributed by atoms with Gasteiger partial charge in [0, 0.05) is 9.58 Å². The lowest BCUT2D eigenvalue weighted by Crippen LogP contribution is -2.25. The zero-order valence-corrected chi connectivity index (χ0v) is 22.8. The number of rotatable bonds is 9. The molecule has 2 fully saturated rings. The van der Waals surface area contributed by atoms with Crippen molar-refractivity contribution < 1.29 is 4.74 Å². The molecule has 5 rings (SSSR count). The van der Waals surface area contributed by atoms with E-state index in [1.165, 1.54) is 92.7 Å². The molecular weight excluding hydrogens is 444 g/mol. The standard InChI is InChI=1S/C33H44OS/c1-3-5-24-6-11-26(12-7-24)28-15-17-29(18-16-28)27-13-8-25(9-14-27)10-21-32-22-30-19-20-31(34-4-2)23-33(30)35-32/h6-7,11-12,19-20,22-23,25,27-29H,3-5,8-10,13-18,21H2,1-2H3. The summed E-state index contributed by atoms with van der Waals surface area (Å²) in [6.45, 7) is 5.06. The lowest BCUT2D eigenvalue weighted by atomic mass is 9.68. The summed E-state index contributed by atoms with van der Waals surface area (Å²) in [5, 5.41) is 1.38. The van der Waals surface area contributed by atoms with Crippen LogP contribution in [0.25, 0.3) is 10.1 Å². The second-order valence-corrected chi connectivity index (χ2v) is 12.4. The third-order valence-corrected chi connectivity index (χ3v) is 10.1. The molecule has 2 saturated carbocycles. The highest BCUT2D eigenvalue weighted by Gasteiger charge is 2.31. The summed E-state index contributed by atoms with van der Waals surface area (Å²) in [6.07, 6.45) is 16.7. The Bertz CT molecular complexity index is 1050. The van der Waals surface area contributed by atoms with Gasteiger partial charge in [0.15, 0.2) is 0 Å². The summed E-state index contributed by atoms with van der Waals surface area (Å²) >= 11 is 1.97. The maximum absolute atomic E-state index is 5.69. The first-order valence-electron chi connectivity index (χ1n) is 14.5. The summed E-state index contributed by atoms with van der Waals surface area (Å²) < 4.78 is 7.06. The first-order chi connectivity index (χ1) is 17.2. The summed E-state index contributed by atoms with van der Waals surface area (Å²) in [5.74, 6) is 4.75. The van der Waals surface area contributed by atoms with Crippen molar-refractivity contribution in [2.45, 2.75) is 96.8 Å². The molecule has 0 amide bonds. The Morgan fingerprint density at radius 3 is 2.17 bits per heavy atom. The average Bonchev–Trinajstić information content (AvgIpc) is 3.31. The fraction of sp³-hybridized carbons (Fsp3) is 0.576. The van der Waals surface area contributed by atoms with Crippen LogP contribution in [0.3, 0.4) is 0 Å². The van der Waals surface area contributed by atoms with Gasteiger partial charge in [-0.25, -0.2) is 0 Å². The fourth-order valence-electron chi connectivity index (χ4n) is 6.91. The molecule has 1 heterocycles. The summed E-state index contributed by atoms with van der Waals surface area (Å²) in [7, 11) is 0. The first-order valence-corrected chi connectivity index (χ1v) is 15.3. The van der Waals surface area contributed by atoms with Crippen LogP contribution in [0.1, 0.15) is 100.0 Å². The minimum atomic E-state index is 0.737. The molecule has 35 heavy (non-hydrogen) atoms. The van der Waals surface area contributed by atoms with Gasteiger partial charge < -0.3 is 4.74 Å². The van der Waals surface area contributed by atoms with Crippen LogP contribution in [-0.2, 0) is 12.8 Å². The van der Waals surface area contributed by atoms with Gasteiger partial charge in [0.05, 0.1) is 6.61 Å². The Morgan fingerprint density at radius 2 is 1.49 bits per heavy atom. The molecule has 2 aliphatic rings. The number of fused-ring (bicyclic) bond motifs is 1. The lowest BCUT2D eigenvalue weighted by molar-refractivity contribution is 0.157. The quantitative estimate of drug-likeness (QED) is 0.291. The lowest BCUT2D eigenvalue weighted by Gasteiger charge is -2.38. The van der Waals surface area contributed by atoms with Crippen LogP contribution in [0.15, 0.2) is 48.5 Å². The smallest absolute Gasteiger partial charge is 0.120 e. The third-order valence-electron chi connectivity index (χ3n) is 8.97. The molecule has 0 atom stereocenters. The highest BCUT2D eigenvalue weighted by Crippen LogP contribution is 2.44. The maximum Gasteiger partial charge on any atom is 0.120 e. The van der Waals surface area contributed by atoms with E-state index < -0.39 is 0 Å². The molecule has 1 aromatic heterocycles. The Kier molecular flexibility index (Phi) is 8.50. The second kappa shape index (κ2) is 12.0. The first kappa shape index (κ1) is 24.9. The molecule has 0 saturated heterocycles. The van der Waals surface area contributed by atoms with Crippen LogP contribution in [0.5, 0.6) is 5.75 Å². The van der Waals surface area contributed by atoms with Gasteiger partial charge in [-0.1, -0.05) is 50.5 Å². The van der Waals surface area contributed by atoms with Crippen LogP contribution >= 0.6 is 11.3 Å². The minimum Gasteiger partial charge on any atom is -0.494 e. The molecule has 0 spiro atoms. The number of thiophene rings is 1. The summed E-state index contributed by atoms with van der Waals surface area (Å²) in [6, 6.07) is 18.6. The van der Waals surface area contributed by atoms with E-state index in [9.17, 15) is 0 Å². The van der Waals surface area contributed by atoms with Gasteiger partial charge in [-0.2, -0.15) is 0 Å². The van der Waals surface area contributed by atoms with Crippen molar-refractivity contribution in [3.05, 3.63) is 64.5 Å². The number of hydrogen-bond donors (Lipinski definition) is 0. The number of ether oxygens (including phenoxy) is 1.